The molecule has 0 aliphatic heterocycles. The summed E-state index contributed by atoms with van der Waals surface area (Å²) in [4.78, 5) is 38.1. The third-order valence-corrected chi connectivity index (χ3v) is 5.39. The Bertz CT molecular complexity index is 1240. The van der Waals surface area contributed by atoms with Crippen molar-refractivity contribution in [2.24, 2.45) is 0 Å². The molecule has 3 aromatic rings. The number of hydrogen-bond acceptors (Lipinski definition) is 8. The molecule has 0 N–H and O–H groups in total. The highest BCUT2D eigenvalue weighted by Gasteiger charge is 2.21. The number of carbonyl (C=O) groups excluding carboxylic acids is 3. The summed E-state index contributed by atoms with van der Waals surface area (Å²) in [7, 11) is 0. The predicted octanol–water partition coefficient (Wildman–Crippen LogP) is 5.42. The van der Waals surface area contributed by atoms with Crippen molar-refractivity contribution in [3.8, 4) is 11.5 Å². The van der Waals surface area contributed by atoms with Crippen LogP contribution < -0.4 is 9.47 Å². The van der Waals surface area contributed by atoms with E-state index in [1.165, 1.54) is 0 Å². The average molecular weight is 521 g/mol. The van der Waals surface area contributed by atoms with E-state index in [-0.39, 0.29) is 19.6 Å². The van der Waals surface area contributed by atoms with Gasteiger partial charge in [0.25, 0.3) is 0 Å². The van der Waals surface area contributed by atoms with Crippen molar-refractivity contribution in [3.05, 3.63) is 95.1 Å². The van der Waals surface area contributed by atoms with Crippen molar-refractivity contribution < 1.29 is 38.1 Å². The molecule has 0 saturated carbocycles. The van der Waals surface area contributed by atoms with Crippen LogP contribution in [-0.4, -0.2) is 50.4 Å². The summed E-state index contributed by atoms with van der Waals surface area (Å²) in [6.07, 6.45) is -0.733. The second-order valence-electron chi connectivity index (χ2n) is 8.31. The Kier molecular flexibility index (Phi) is 10.7. The molecule has 0 bridgehead atoms. The summed E-state index contributed by atoms with van der Waals surface area (Å²) in [5.74, 6) is -0.760. The van der Waals surface area contributed by atoms with Gasteiger partial charge in [-0.2, -0.15) is 0 Å². The molecule has 0 heterocycles. The summed E-state index contributed by atoms with van der Waals surface area (Å²) in [6.45, 7) is 6.12. The standard InChI is InChI=1S/C30H32O8/c1-4-34-24-13-9-12-23(19-24)28(31)37-20-25(38-29(32)22-11-8-10-21(3)18-22)16-17-36-30(33)26-14-6-7-15-27(26)35-5-2/h6-15,18-19,25H,4-5,16-17,20H2,1-3H3. The van der Waals surface area contributed by atoms with E-state index in [4.69, 9.17) is 23.7 Å². The Labute approximate surface area is 222 Å². The number of aryl methyl sites for hydroxylation is 1. The van der Waals surface area contributed by atoms with Crippen LogP contribution in [0.5, 0.6) is 11.5 Å². The summed E-state index contributed by atoms with van der Waals surface area (Å²) < 4.78 is 27.4. The van der Waals surface area contributed by atoms with Crippen LogP contribution in [0.2, 0.25) is 0 Å². The smallest absolute Gasteiger partial charge is 0.341 e. The zero-order valence-electron chi connectivity index (χ0n) is 21.8. The fourth-order valence-corrected chi connectivity index (χ4v) is 3.58. The Morgan fingerprint density at radius 1 is 0.737 bits per heavy atom. The summed E-state index contributed by atoms with van der Waals surface area (Å²) >= 11 is 0. The van der Waals surface area contributed by atoms with Gasteiger partial charge in [-0.15, -0.1) is 0 Å². The first-order valence-electron chi connectivity index (χ1n) is 12.5. The molecule has 8 nitrogen and oxygen atoms in total. The fourth-order valence-electron chi connectivity index (χ4n) is 3.58. The van der Waals surface area contributed by atoms with E-state index in [0.717, 1.165) is 5.56 Å². The summed E-state index contributed by atoms with van der Waals surface area (Å²) in [5.41, 5.74) is 1.87. The molecule has 0 saturated heterocycles. The van der Waals surface area contributed by atoms with Gasteiger partial charge in [-0.25, -0.2) is 14.4 Å². The third-order valence-electron chi connectivity index (χ3n) is 5.39. The first-order valence-corrected chi connectivity index (χ1v) is 12.5. The van der Waals surface area contributed by atoms with Crippen LogP contribution in [0.4, 0.5) is 0 Å². The van der Waals surface area contributed by atoms with Crippen LogP contribution in [0.25, 0.3) is 0 Å². The molecule has 0 fully saturated rings. The van der Waals surface area contributed by atoms with Crippen molar-refractivity contribution in [2.45, 2.75) is 33.3 Å². The van der Waals surface area contributed by atoms with Gasteiger partial charge >= 0.3 is 17.9 Å². The van der Waals surface area contributed by atoms with E-state index < -0.39 is 24.0 Å². The van der Waals surface area contributed by atoms with Gasteiger partial charge in [-0.1, -0.05) is 35.9 Å². The molecule has 0 spiro atoms. The number of rotatable bonds is 13. The Morgan fingerprint density at radius 2 is 1.45 bits per heavy atom. The van der Waals surface area contributed by atoms with Gasteiger partial charge in [-0.05, 0) is 63.2 Å². The lowest BCUT2D eigenvalue weighted by Crippen LogP contribution is -2.27. The minimum atomic E-state index is -0.850. The van der Waals surface area contributed by atoms with Gasteiger partial charge in [0.05, 0.1) is 30.9 Å². The first kappa shape index (κ1) is 28.2. The molecule has 38 heavy (non-hydrogen) atoms. The number of carbonyl (C=O) groups is 3. The number of benzene rings is 3. The minimum absolute atomic E-state index is 0.0670. The average Bonchev–Trinajstić information content (AvgIpc) is 2.92. The maximum absolute atomic E-state index is 12.8. The summed E-state index contributed by atoms with van der Waals surface area (Å²) in [6, 6.07) is 20.4. The molecule has 1 atom stereocenters. The molecule has 0 amide bonds. The molecule has 1 unspecified atom stereocenters. The van der Waals surface area contributed by atoms with Crippen molar-refractivity contribution in [1.29, 1.82) is 0 Å². The van der Waals surface area contributed by atoms with E-state index in [0.29, 0.717) is 41.4 Å². The van der Waals surface area contributed by atoms with Gasteiger partial charge in [0.2, 0.25) is 0 Å². The van der Waals surface area contributed by atoms with E-state index in [1.807, 2.05) is 26.8 Å². The molecular weight excluding hydrogens is 488 g/mol. The highest BCUT2D eigenvalue weighted by molar-refractivity contribution is 5.92. The highest BCUT2D eigenvalue weighted by atomic mass is 16.6. The molecule has 200 valence electrons. The maximum Gasteiger partial charge on any atom is 0.341 e. The van der Waals surface area contributed by atoms with E-state index in [2.05, 4.69) is 0 Å². The molecule has 8 heteroatoms. The Morgan fingerprint density at radius 3 is 2.18 bits per heavy atom. The highest BCUT2D eigenvalue weighted by Crippen LogP contribution is 2.20. The van der Waals surface area contributed by atoms with Gasteiger partial charge in [-0.3, -0.25) is 0 Å². The predicted molar refractivity (Wildman–Crippen MR) is 141 cm³/mol. The number of ether oxygens (including phenoxy) is 5. The third kappa shape index (κ3) is 8.37. The minimum Gasteiger partial charge on any atom is -0.494 e. The van der Waals surface area contributed by atoms with Crippen LogP contribution in [0.15, 0.2) is 72.8 Å². The van der Waals surface area contributed by atoms with Crippen LogP contribution in [-0.2, 0) is 14.2 Å². The van der Waals surface area contributed by atoms with Crippen LogP contribution in [0, 0.1) is 6.92 Å². The second-order valence-corrected chi connectivity index (χ2v) is 8.31. The molecule has 0 aliphatic rings. The number of para-hydroxylation sites is 1. The number of hydrogen-bond donors (Lipinski definition) is 0. The monoisotopic (exact) mass is 520 g/mol. The van der Waals surface area contributed by atoms with Crippen molar-refractivity contribution in [1.82, 2.24) is 0 Å². The molecule has 3 aromatic carbocycles. The molecule has 0 aliphatic carbocycles. The van der Waals surface area contributed by atoms with Gasteiger partial charge in [0.1, 0.15) is 29.8 Å². The molecule has 0 aromatic heterocycles. The van der Waals surface area contributed by atoms with Crippen LogP contribution >= 0.6 is 0 Å². The van der Waals surface area contributed by atoms with E-state index >= 15 is 0 Å². The van der Waals surface area contributed by atoms with Gasteiger partial charge < -0.3 is 23.7 Å². The maximum atomic E-state index is 12.8. The van der Waals surface area contributed by atoms with E-state index in [1.54, 1.807) is 66.7 Å². The molecule has 0 radical (unpaired) electrons. The molecule has 3 rings (SSSR count). The van der Waals surface area contributed by atoms with Crippen LogP contribution in [0.3, 0.4) is 0 Å². The lowest BCUT2D eigenvalue weighted by molar-refractivity contribution is -0.00975. The van der Waals surface area contributed by atoms with Gasteiger partial charge in [0.15, 0.2) is 0 Å². The van der Waals surface area contributed by atoms with E-state index in [9.17, 15) is 14.4 Å². The van der Waals surface area contributed by atoms with Crippen molar-refractivity contribution in [2.75, 3.05) is 26.4 Å². The first-order chi connectivity index (χ1) is 18.4. The fraction of sp³-hybridized carbons (Fsp3) is 0.300. The van der Waals surface area contributed by atoms with Crippen molar-refractivity contribution >= 4 is 17.9 Å². The second kappa shape index (κ2) is 14.4. The Balaban J connectivity index is 1.65. The van der Waals surface area contributed by atoms with Crippen molar-refractivity contribution in [3.63, 3.8) is 0 Å². The topological polar surface area (TPSA) is 97.4 Å². The zero-order valence-corrected chi connectivity index (χ0v) is 21.8. The Hall–Kier alpha value is -4.33. The number of esters is 3. The quantitative estimate of drug-likeness (QED) is 0.218. The van der Waals surface area contributed by atoms with Gasteiger partial charge in [0, 0.05) is 6.42 Å². The zero-order chi connectivity index (χ0) is 27.3. The largest absolute Gasteiger partial charge is 0.494 e. The lowest BCUT2D eigenvalue weighted by atomic mass is 10.1. The SMILES string of the molecule is CCOc1cccc(C(=O)OCC(CCOC(=O)c2ccccc2OCC)OC(=O)c2cccc(C)c2)c1. The van der Waals surface area contributed by atoms with Crippen LogP contribution in [0.1, 0.15) is 56.9 Å². The normalized spacial score (nSPS) is 11.2. The molecular formula is C30H32O8. The summed E-state index contributed by atoms with van der Waals surface area (Å²) in [5, 5.41) is 0. The lowest BCUT2D eigenvalue weighted by Gasteiger charge is -2.19.